The molecule has 0 amide bonds. The molecule has 0 saturated carbocycles. The van der Waals surface area contributed by atoms with Gasteiger partial charge in [-0.1, -0.05) is 29.8 Å². The van der Waals surface area contributed by atoms with E-state index in [1.807, 2.05) is 30.6 Å². The lowest BCUT2D eigenvalue weighted by Gasteiger charge is -2.00. The van der Waals surface area contributed by atoms with Gasteiger partial charge in [-0.3, -0.25) is 0 Å². The molecule has 66 valence electrons. The van der Waals surface area contributed by atoms with E-state index in [2.05, 4.69) is 17.1 Å². The van der Waals surface area contributed by atoms with Gasteiger partial charge in [0.1, 0.15) is 0 Å². The molecule has 0 atom stereocenters. The van der Waals surface area contributed by atoms with E-state index < -0.39 is 0 Å². The molecule has 0 aliphatic carbocycles. The van der Waals surface area contributed by atoms with Gasteiger partial charge in [-0.25, -0.2) is 0 Å². The van der Waals surface area contributed by atoms with Crippen molar-refractivity contribution in [1.29, 1.82) is 0 Å². The minimum Gasteiger partial charge on any atom is -0.367 e. The van der Waals surface area contributed by atoms with Gasteiger partial charge < -0.3 is 4.98 Å². The lowest BCUT2D eigenvalue weighted by Crippen LogP contribution is -1.86. The molecule has 1 heterocycles. The van der Waals surface area contributed by atoms with Gasteiger partial charge in [-0.2, -0.15) is 0 Å². The minimum atomic E-state index is 0.837. The molecule has 2 rings (SSSR count). The molecular formula is C11H10ClN. The number of nitrogens with one attached hydrogen (secondary N) is 1. The highest BCUT2D eigenvalue weighted by Crippen LogP contribution is 2.18. The van der Waals surface area contributed by atoms with Crippen LogP contribution in [0.25, 0.3) is 0 Å². The standard InChI is InChI=1S/C11H10ClN/c12-11-4-2-1-3-10(11)7-9-5-6-13-8-9/h1-6,8,13H,7H2. The summed E-state index contributed by atoms with van der Waals surface area (Å²) in [5, 5.41) is 0.837. The van der Waals surface area contributed by atoms with Crippen LogP contribution in [0.15, 0.2) is 42.7 Å². The first-order valence-corrected chi connectivity index (χ1v) is 4.59. The molecule has 0 aliphatic heterocycles. The number of halogens is 1. The first-order valence-electron chi connectivity index (χ1n) is 4.21. The number of H-pyrrole nitrogens is 1. The molecule has 1 aromatic heterocycles. The van der Waals surface area contributed by atoms with Crippen LogP contribution >= 0.6 is 11.6 Å². The molecular weight excluding hydrogens is 182 g/mol. The van der Waals surface area contributed by atoms with Crippen molar-refractivity contribution in [2.24, 2.45) is 0 Å². The number of aromatic amines is 1. The first kappa shape index (κ1) is 8.39. The maximum Gasteiger partial charge on any atom is 0.0441 e. The van der Waals surface area contributed by atoms with E-state index in [1.54, 1.807) is 0 Å². The summed E-state index contributed by atoms with van der Waals surface area (Å²) in [4.78, 5) is 3.03. The Morgan fingerprint density at radius 2 is 2.00 bits per heavy atom. The first-order chi connectivity index (χ1) is 6.36. The van der Waals surface area contributed by atoms with Crippen LogP contribution < -0.4 is 0 Å². The summed E-state index contributed by atoms with van der Waals surface area (Å²) in [6, 6.07) is 9.99. The second-order valence-corrected chi connectivity index (χ2v) is 3.39. The van der Waals surface area contributed by atoms with E-state index in [0.717, 1.165) is 11.4 Å². The van der Waals surface area contributed by atoms with Crippen molar-refractivity contribution in [1.82, 2.24) is 4.98 Å². The summed E-state index contributed by atoms with van der Waals surface area (Å²) in [6.07, 6.45) is 4.80. The van der Waals surface area contributed by atoms with E-state index in [1.165, 1.54) is 11.1 Å². The Morgan fingerprint density at radius 1 is 1.15 bits per heavy atom. The predicted molar refractivity (Wildman–Crippen MR) is 55.1 cm³/mol. The Balaban J connectivity index is 2.24. The fourth-order valence-electron chi connectivity index (χ4n) is 1.33. The van der Waals surface area contributed by atoms with Gasteiger partial charge in [0.25, 0.3) is 0 Å². The summed E-state index contributed by atoms with van der Waals surface area (Å²) in [5.41, 5.74) is 2.43. The average Bonchev–Trinajstić information content (AvgIpc) is 2.61. The fourth-order valence-corrected chi connectivity index (χ4v) is 1.53. The molecule has 0 fully saturated rings. The van der Waals surface area contributed by atoms with Gasteiger partial charge in [-0.05, 0) is 23.3 Å². The molecule has 0 aliphatic rings. The van der Waals surface area contributed by atoms with Gasteiger partial charge in [0.15, 0.2) is 0 Å². The zero-order chi connectivity index (χ0) is 9.10. The van der Waals surface area contributed by atoms with Crippen molar-refractivity contribution in [3.05, 3.63) is 58.9 Å². The Morgan fingerprint density at radius 3 is 2.69 bits per heavy atom. The van der Waals surface area contributed by atoms with Gasteiger partial charge in [-0.15, -0.1) is 0 Å². The molecule has 2 heteroatoms. The Kier molecular flexibility index (Phi) is 2.37. The number of rotatable bonds is 2. The summed E-state index contributed by atoms with van der Waals surface area (Å²) in [7, 11) is 0. The van der Waals surface area contributed by atoms with Crippen molar-refractivity contribution in [2.45, 2.75) is 6.42 Å². The normalized spacial score (nSPS) is 10.2. The van der Waals surface area contributed by atoms with Gasteiger partial charge in [0.05, 0.1) is 0 Å². The van der Waals surface area contributed by atoms with Crippen molar-refractivity contribution in [3.63, 3.8) is 0 Å². The van der Waals surface area contributed by atoms with E-state index in [4.69, 9.17) is 11.6 Å². The second-order valence-electron chi connectivity index (χ2n) is 2.99. The quantitative estimate of drug-likeness (QED) is 0.750. The van der Waals surface area contributed by atoms with Gasteiger partial charge >= 0.3 is 0 Å². The highest BCUT2D eigenvalue weighted by atomic mass is 35.5. The van der Waals surface area contributed by atoms with Crippen LogP contribution in [0, 0.1) is 0 Å². The summed E-state index contributed by atoms with van der Waals surface area (Å²) < 4.78 is 0. The Bertz CT molecular complexity index is 379. The number of aromatic nitrogens is 1. The van der Waals surface area contributed by atoms with Crippen LogP contribution in [0.5, 0.6) is 0 Å². The van der Waals surface area contributed by atoms with Crippen molar-refractivity contribution in [3.8, 4) is 0 Å². The van der Waals surface area contributed by atoms with Crippen LogP contribution in [0.3, 0.4) is 0 Å². The topological polar surface area (TPSA) is 15.8 Å². The van der Waals surface area contributed by atoms with E-state index >= 15 is 0 Å². The molecule has 13 heavy (non-hydrogen) atoms. The van der Waals surface area contributed by atoms with Crippen molar-refractivity contribution >= 4 is 11.6 Å². The zero-order valence-electron chi connectivity index (χ0n) is 7.13. The summed E-state index contributed by atoms with van der Waals surface area (Å²) in [6.45, 7) is 0. The van der Waals surface area contributed by atoms with Crippen LogP contribution in [0.1, 0.15) is 11.1 Å². The molecule has 0 radical (unpaired) electrons. The Labute approximate surface area is 82.4 Å². The molecule has 2 aromatic rings. The van der Waals surface area contributed by atoms with Crippen LogP contribution in [-0.2, 0) is 6.42 Å². The molecule has 0 spiro atoms. The Hall–Kier alpha value is -1.21. The fraction of sp³-hybridized carbons (Fsp3) is 0.0909. The predicted octanol–water partition coefficient (Wildman–Crippen LogP) is 3.26. The highest BCUT2D eigenvalue weighted by molar-refractivity contribution is 6.31. The molecule has 0 bridgehead atoms. The molecule has 1 nitrogen and oxygen atoms in total. The molecule has 0 saturated heterocycles. The maximum atomic E-state index is 6.03. The van der Waals surface area contributed by atoms with Crippen LogP contribution in [0.2, 0.25) is 5.02 Å². The number of hydrogen-bond donors (Lipinski definition) is 1. The highest BCUT2D eigenvalue weighted by Gasteiger charge is 1.99. The maximum absolute atomic E-state index is 6.03. The molecule has 0 unspecified atom stereocenters. The molecule has 1 aromatic carbocycles. The number of benzene rings is 1. The molecule has 1 N–H and O–H groups in total. The average molecular weight is 192 g/mol. The summed E-state index contributed by atoms with van der Waals surface area (Å²) in [5.74, 6) is 0. The zero-order valence-corrected chi connectivity index (χ0v) is 7.88. The largest absolute Gasteiger partial charge is 0.367 e. The minimum absolute atomic E-state index is 0.837. The third-order valence-corrected chi connectivity index (χ3v) is 2.38. The smallest absolute Gasteiger partial charge is 0.0441 e. The monoisotopic (exact) mass is 191 g/mol. The second kappa shape index (κ2) is 3.67. The number of hydrogen-bond acceptors (Lipinski definition) is 0. The lowest BCUT2D eigenvalue weighted by molar-refractivity contribution is 1.20. The van der Waals surface area contributed by atoms with E-state index in [0.29, 0.717) is 0 Å². The van der Waals surface area contributed by atoms with Gasteiger partial charge in [0.2, 0.25) is 0 Å². The van der Waals surface area contributed by atoms with Crippen LogP contribution in [0.4, 0.5) is 0 Å². The SMILES string of the molecule is Clc1ccccc1Cc1cc[nH]c1. The van der Waals surface area contributed by atoms with Crippen LogP contribution in [-0.4, -0.2) is 4.98 Å². The third kappa shape index (κ3) is 1.93. The van der Waals surface area contributed by atoms with Crippen molar-refractivity contribution in [2.75, 3.05) is 0 Å². The third-order valence-electron chi connectivity index (χ3n) is 2.01. The van der Waals surface area contributed by atoms with E-state index in [-0.39, 0.29) is 0 Å². The van der Waals surface area contributed by atoms with Gasteiger partial charge in [0, 0.05) is 23.8 Å². The van der Waals surface area contributed by atoms with E-state index in [9.17, 15) is 0 Å². The lowest BCUT2D eigenvalue weighted by atomic mass is 10.1. The summed E-state index contributed by atoms with van der Waals surface area (Å²) >= 11 is 6.03. The van der Waals surface area contributed by atoms with Crippen molar-refractivity contribution < 1.29 is 0 Å².